The summed E-state index contributed by atoms with van der Waals surface area (Å²) in [6.45, 7) is 1.18. The molecule has 0 radical (unpaired) electrons. The van der Waals surface area contributed by atoms with E-state index in [1.54, 1.807) is 55.5 Å². The van der Waals surface area contributed by atoms with Crippen molar-refractivity contribution in [1.29, 1.82) is 5.26 Å². The molecule has 8 nitrogen and oxygen atoms in total. The van der Waals surface area contributed by atoms with Gasteiger partial charge in [0.1, 0.15) is 17.8 Å². The van der Waals surface area contributed by atoms with Crippen LogP contribution < -0.4 is 15.4 Å². The number of nitrogens with one attached hydrogen (secondary N) is 2. The van der Waals surface area contributed by atoms with Crippen LogP contribution in [0.25, 0.3) is 0 Å². The highest BCUT2D eigenvalue weighted by Crippen LogP contribution is 2.30. The smallest absolute Gasteiger partial charge is 0.325 e. The number of imide groups is 1. The van der Waals surface area contributed by atoms with Gasteiger partial charge in [0, 0.05) is 4.90 Å². The molecule has 1 aliphatic rings. The fraction of sp³-hybridized carbons (Fsp3) is 0.238. The van der Waals surface area contributed by atoms with E-state index < -0.39 is 29.9 Å². The van der Waals surface area contributed by atoms with E-state index in [0.717, 1.165) is 9.80 Å². The van der Waals surface area contributed by atoms with Crippen molar-refractivity contribution in [1.82, 2.24) is 10.2 Å². The maximum atomic E-state index is 13.0. The van der Waals surface area contributed by atoms with Crippen LogP contribution in [0.15, 0.2) is 53.4 Å². The number of rotatable bonds is 7. The number of methoxy groups -OCH3 is 1. The Balaban J connectivity index is 1.73. The molecule has 0 spiro atoms. The lowest BCUT2D eigenvalue weighted by molar-refractivity contribution is -0.133. The van der Waals surface area contributed by atoms with E-state index in [1.165, 1.54) is 18.9 Å². The van der Waals surface area contributed by atoms with E-state index >= 15 is 0 Å². The molecule has 0 aliphatic carbocycles. The second kappa shape index (κ2) is 8.88. The Morgan fingerprint density at radius 1 is 1.23 bits per heavy atom. The van der Waals surface area contributed by atoms with Gasteiger partial charge in [0.2, 0.25) is 5.91 Å². The van der Waals surface area contributed by atoms with Crippen LogP contribution in [-0.4, -0.2) is 42.2 Å². The van der Waals surface area contributed by atoms with E-state index in [4.69, 9.17) is 10.00 Å². The van der Waals surface area contributed by atoms with Crippen molar-refractivity contribution < 1.29 is 19.1 Å². The van der Waals surface area contributed by atoms with Gasteiger partial charge in [-0.2, -0.15) is 5.26 Å². The normalized spacial score (nSPS) is 18.0. The fourth-order valence-corrected chi connectivity index (χ4v) is 3.77. The Labute approximate surface area is 178 Å². The monoisotopic (exact) mass is 424 g/mol. The zero-order valence-electron chi connectivity index (χ0n) is 16.5. The van der Waals surface area contributed by atoms with Crippen LogP contribution >= 0.6 is 11.8 Å². The number of carbonyl (C=O) groups is 3. The molecule has 0 saturated carbocycles. The summed E-state index contributed by atoms with van der Waals surface area (Å²) in [7, 11) is 1.54. The van der Waals surface area contributed by atoms with E-state index in [0.29, 0.717) is 17.0 Å². The molecule has 30 heavy (non-hydrogen) atoms. The lowest BCUT2D eigenvalue weighted by Crippen LogP contribution is -2.42. The van der Waals surface area contributed by atoms with Gasteiger partial charge in [-0.3, -0.25) is 14.5 Å². The first-order valence-corrected chi connectivity index (χ1v) is 10.0. The van der Waals surface area contributed by atoms with Crippen LogP contribution in [0.1, 0.15) is 12.5 Å². The van der Waals surface area contributed by atoms with Crippen molar-refractivity contribution in [2.24, 2.45) is 0 Å². The fourth-order valence-electron chi connectivity index (χ4n) is 3.10. The van der Waals surface area contributed by atoms with Crippen LogP contribution in [0, 0.1) is 11.3 Å². The van der Waals surface area contributed by atoms with Crippen molar-refractivity contribution in [3.63, 3.8) is 0 Å². The number of benzene rings is 2. The number of ether oxygens (including phenoxy) is 1. The Morgan fingerprint density at radius 2 is 1.93 bits per heavy atom. The quantitative estimate of drug-likeness (QED) is 0.522. The van der Waals surface area contributed by atoms with Crippen LogP contribution in [-0.2, 0) is 15.1 Å². The predicted octanol–water partition coefficient (Wildman–Crippen LogP) is 2.72. The van der Waals surface area contributed by atoms with E-state index in [1.807, 2.05) is 6.07 Å². The molecule has 2 N–H and O–H groups in total. The molecule has 1 unspecified atom stereocenters. The van der Waals surface area contributed by atoms with Gasteiger partial charge in [-0.1, -0.05) is 24.3 Å². The number of nitrogens with zero attached hydrogens (tertiary/aromatic N) is 2. The van der Waals surface area contributed by atoms with Gasteiger partial charge in [0.05, 0.1) is 24.6 Å². The van der Waals surface area contributed by atoms with E-state index in [9.17, 15) is 14.4 Å². The molecular weight excluding hydrogens is 404 g/mol. The molecule has 1 atom stereocenters. The van der Waals surface area contributed by atoms with Gasteiger partial charge in [0.25, 0.3) is 5.91 Å². The van der Waals surface area contributed by atoms with Gasteiger partial charge < -0.3 is 15.4 Å². The first-order valence-electron chi connectivity index (χ1n) is 9.06. The number of thioether (sulfide) groups is 1. The summed E-state index contributed by atoms with van der Waals surface area (Å²) < 4.78 is 5.12. The minimum absolute atomic E-state index is 0.236. The van der Waals surface area contributed by atoms with E-state index in [2.05, 4.69) is 10.6 Å². The number of anilines is 1. The number of carbonyl (C=O) groups excluding carboxylic acids is 3. The lowest BCUT2D eigenvalue weighted by atomic mass is 9.92. The topological polar surface area (TPSA) is 112 Å². The lowest BCUT2D eigenvalue weighted by Gasteiger charge is -2.22. The third kappa shape index (κ3) is 4.23. The third-order valence-electron chi connectivity index (χ3n) is 4.70. The number of hydrogen-bond acceptors (Lipinski definition) is 6. The first-order chi connectivity index (χ1) is 14.4. The Kier molecular flexibility index (Phi) is 6.28. The van der Waals surface area contributed by atoms with Crippen molar-refractivity contribution in [3.05, 3.63) is 54.1 Å². The molecule has 2 aromatic rings. The summed E-state index contributed by atoms with van der Waals surface area (Å²) in [5, 5.41) is 14.1. The molecule has 1 heterocycles. The number of para-hydroxylation sites is 1. The summed E-state index contributed by atoms with van der Waals surface area (Å²) in [6, 6.07) is 15.2. The Morgan fingerprint density at radius 3 is 2.60 bits per heavy atom. The van der Waals surface area contributed by atoms with Crippen molar-refractivity contribution in [3.8, 4) is 11.8 Å². The highest BCUT2D eigenvalue weighted by atomic mass is 32.2. The molecule has 0 bridgehead atoms. The van der Waals surface area contributed by atoms with Crippen LogP contribution in [0.2, 0.25) is 0 Å². The Bertz CT molecular complexity index is 1020. The molecule has 1 saturated heterocycles. The van der Waals surface area contributed by atoms with Crippen molar-refractivity contribution >= 4 is 35.3 Å². The largest absolute Gasteiger partial charge is 0.497 e. The van der Waals surface area contributed by atoms with E-state index in [-0.39, 0.29) is 5.75 Å². The zero-order chi connectivity index (χ0) is 21.7. The van der Waals surface area contributed by atoms with Crippen molar-refractivity contribution in [2.75, 3.05) is 24.7 Å². The van der Waals surface area contributed by atoms with Crippen LogP contribution in [0.3, 0.4) is 0 Å². The molecule has 0 aromatic heterocycles. The minimum atomic E-state index is -1.27. The highest BCUT2D eigenvalue weighted by Gasteiger charge is 2.49. The average Bonchev–Trinajstić information content (AvgIpc) is 2.97. The second-order valence-corrected chi connectivity index (χ2v) is 7.68. The number of nitriles is 1. The molecule has 4 amide bonds. The summed E-state index contributed by atoms with van der Waals surface area (Å²) in [6.07, 6.45) is 0. The average molecular weight is 424 g/mol. The summed E-state index contributed by atoms with van der Waals surface area (Å²) in [5.41, 5.74) is -0.167. The molecule has 1 aliphatic heterocycles. The summed E-state index contributed by atoms with van der Waals surface area (Å²) in [5.74, 6) is -0.161. The first kappa shape index (κ1) is 21.2. The molecule has 2 aromatic carbocycles. The number of hydrogen-bond donors (Lipinski definition) is 2. The van der Waals surface area contributed by atoms with Crippen LogP contribution in [0.4, 0.5) is 10.5 Å². The van der Waals surface area contributed by atoms with Crippen molar-refractivity contribution in [2.45, 2.75) is 17.4 Å². The molecular formula is C21H20N4O4S. The summed E-state index contributed by atoms with van der Waals surface area (Å²) in [4.78, 5) is 39.6. The SMILES string of the molecule is COc1ccc(C2(C)NC(=O)N(CC(=O)Nc3ccccc3SCC#N)C2=O)cc1. The highest BCUT2D eigenvalue weighted by molar-refractivity contribution is 7.99. The van der Waals surface area contributed by atoms with Crippen LogP contribution in [0.5, 0.6) is 5.75 Å². The second-order valence-electron chi connectivity index (χ2n) is 6.67. The summed E-state index contributed by atoms with van der Waals surface area (Å²) >= 11 is 1.29. The standard InChI is InChI=1S/C21H20N4O4S/c1-21(14-7-9-15(29-2)10-8-14)19(27)25(20(28)24-21)13-18(26)23-16-5-3-4-6-17(16)30-12-11-22/h3-10H,12-13H2,1-2H3,(H,23,26)(H,24,28). The third-order valence-corrected chi connectivity index (χ3v) is 5.64. The van der Waals surface area contributed by atoms with Gasteiger partial charge in [-0.05, 0) is 36.8 Å². The molecule has 154 valence electrons. The Hall–Kier alpha value is -3.51. The van der Waals surface area contributed by atoms with Gasteiger partial charge >= 0.3 is 6.03 Å². The number of amides is 4. The molecule has 1 fully saturated rings. The molecule has 3 rings (SSSR count). The zero-order valence-corrected chi connectivity index (χ0v) is 17.3. The maximum Gasteiger partial charge on any atom is 0.325 e. The predicted molar refractivity (Wildman–Crippen MR) is 112 cm³/mol. The number of urea groups is 1. The maximum absolute atomic E-state index is 13.0. The molecule has 9 heteroatoms. The minimum Gasteiger partial charge on any atom is -0.497 e. The van der Waals surface area contributed by atoms with Gasteiger partial charge in [-0.25, -0.2) is 4.79 Å². The van der Waals surface area contributed by atoms with Gasteiger partial charge in [-0.15, -0.1) is 11.8 Å². The van der Waals surface area contributed by atoms with Gasteiger partial charge in [0.15, 0.2) is 0 Å².